The molecule has 0 heterocycles. The number of hydrogen-bond donors (Lipinski definition) is 0. The molecule has 218 valence electrons. The van der Waals surface area contributed by atoms with Crippen LogP contribution in [0, 0.1) is 50.7 Å². The molecule has 0 aliphatic heterocycles. The van der Waals surface area contributed by atoms with Gasteiger partial charge in [0.1, 0.15) is 12.7 Å². The van der Waals surface area contributed by atoms with Gasteiger partial charge in [0, 0.05) is 31.1 Å². The Morgan fingerprint density at radius 1 is 0.846 bits per heavy atom. The van der Waals surface area contributed by atoms with Crippen LogP contribution in [-0.4, -0.2) is 30.4 Å². The van der Waals surface area contributed by atoms with E-state index in [2.05, 4.69) is 48.5 Å². The normalized spacial score (nSPS) is 44.7. The van der Waals surface area contributed by atoms with Crippen molar-refractivity contribution in [3.05, 3.63) is 11.1 Å². The lowest BCUT2D eigenvalue weighted by Gasteiger charge is -2.72. The van der Waals surface area contributed by atoms with Crippen molar-refractivity contribution in [3.8, 4) is 0 Å². The van der Waals surface area contributed by atoms with Crippen molar-refractivity contribution in [2.24, 2.45) is 50.7 Å². The van der Waals surface area contributed by atoms with Gasteiger partial charge in [0.05, 0.1) is 0 Å². The maximum absolute atomic E-state index is 13.6. The Hall–Kier alpha value is -1.65. The predicted molar refractivity (Wildman–Crippen MR) is 152 cm³/mol. The largest absolute Gasteiger partial charge is 0.465 e. The Bertz CT molecular complexity index is 1100. The van der Waals surface area contributed by atoms with Crippen LogP contribution in [0.25, 0.3) is 0 Å². The second kappa shape index (κ2) is 9.18. The quantitative estimate of drug-likeness (QED) is 0.346. The molecule has 0 aromatic heterocycles. The molecular weight excluding hydrogens is 488 g/mol. The highest BCUT2D eigenvalue weighted by Crippen LogP contribution is 2.76. The number of ketones is 1. The summed E-state index contributed by atoms with van der Waals surface area (Å²) in [5, 5.41) is 0. The Balaban J connectivity index is 1.54. The van der Waals surface area contributed by atoms with Gasteiger partial charge in [-0.3, -0.25) is 14.4 Å². The highest BCUT2D eigenvalue weighted by Gasteiger charge is 2.70. The van der Waals surface area contributed by atoms with E-state index in [-0.39, 0.29) is 56.8 Å². The van der Waals surface area contributed by atoms with Crippen molar-refractivity contribution >= 4 is 17.7 Å². The number of fused-ring (bicyclic) bond motifs is 7. The van der Waals surface area contributed by atoms with Crippen LogP contribution in [0.4, 0.5) is 0 Å². The van der Waals surface area contributed by atoms with Gasteiger partial charge < -0.3 is 9.47 Å². The summed E-state index contributed by atoms with van der Waals surface area (Å²) in [5.74, 6) is 1.53. The number of ether oxygens (including phenoxy) is 2. The molecule has 5 aliphatic carbocycles. The van der Waals surface area contributed by atoms with E-state index in [0.717, 1.165) is 44.1 Å². The summed E-state index contributed by atoms with van der Waals surface area (Å²) in [6, 6.07) is 0. The minimum absolute atomic E-state index is 0.0100. The average Bonchev–Trinajstić information content (AvgIpc) is 3.12. The van der Waals surface area contributed by atoms with Crippen LogP contribution >= 0.6 is 0 Å². The van der Waals surface area contributed by atoms with Crippen LogP contribution in [-0.2, 0) is 23.9 Å². The molecular formula is C34H52O5. The van der Waals surface area contributed by atoms with Gasteiger partial charge in [0.2, 0.25) is 0 Å². The molecule has 0 spiro atoms. The van der Waals surface area contributed by atoms with Crippen LogP contribution in [0.1, 0.15) is 120 Å². The predicted octanol–water partition coefficient (Wildman–Crippen LogP) is 7.46. The fourth-order valence-electron chi connectivity index (χ4n) is 11.5. The Morgan fingerprint density at radius 3 is 2.15 bits per heavy atom. The van der Waals surface area contributed by atoms with Crippen molar-refractivity contribution in [3.63, 3.8) is 0 Å². The average molecular weight is 541 g/mol. The first-order valence-corrected chi connectivity index (χ1v) is 15.6. The molecule has 2 unspecified atom stereocenters. The molecule has 0 amide bonds. The van der Waals surface area contributed by atoms with Gasteiger partial charge in [-0.2, -0.15) is 0 Å². The molecule has 5 rings (SSSR count). The Morgan fingerprint density at radius 2 is 1.54 bits per heavy atom. The first kappa shape index (κ1) is 28.9. The monoisotopic (exact) mass is 540 g/mol. The molecule has 0 saturated heterocycles. The topological polar surface area (TPSA) is 69.7 Å². The van der Waals surface area contributed by atoms with E-state index in [1.54, 1.807) is 6.92 Å². The van der Waals surface area contributed by atoms with E-state index in [4.69, 9.17) is 9.47 Å². The molecule has 5 heteroatoms. The van der Waals surface area contributed by atoms with Crippen LogP contribution < -0.4 is 0 Å². The zero-order valence-corrected chi connectivity index (χ0v) is 26.0. The first-order valence-electron chi connectivity index (χ1n) is 15.6. The standard InChI is InChI=1S/C34H52O5/c1-20(2)28-24(37)18-34(19-38-21(3)35)17-16-32(8)23(29(28)34)10-11-26-31(7)14-13-27(39-22(4)36)30(5,6)25(31)12-15-33(26,32)9/h20,23,25-27H,10-19H2,1-9H3/t23-,25+,26?,27+,31?,32-,33-,34+/m1/s1. The van der Waals surface area contributed by atoms with Gasteiger partial charge in [-0.25, -0.2) is 0 Å². The molecule has 39 heavy (non-hydrogen) atoms. The number of rotatable bonds is 4. The third-order valence-corrected chi connectivity index (χ3v) is 13.4. The molecule has 4 saturated carbocycles. The zero-order valence-electron chi connectivity index (χ0n) is 26.0. The van der Waals surface area contributed by atoms with Crippen LogP contribution in [0.15, 0.2) is 11.1 Å². The smallest absolute Gasteiger partial charge is 0.302 e. The summed E-state index contributed by atoms with van der Waals surface area (Å²) in [7, 11) is 0. The molecule has 5 nitrogen and oxygen atoms in total. The SMILES string of the molecule is CC(=O)OC[C@@]12CC[C@]3(C)[C@H](CCC4C5(C)CC[C@H](OC(C)=O)C(C)(C)[C@@H]5CC[C@]43C)C1=C(C(C)C)C(=O)C2. The number of carbonyl (C=O) groups excluding carboxylic acids is 3. The summed E-state index contributed by atoms with van der Waals surface area (Å²) in [4.78, 5) is 37.4. The van der Waals surface area contributed by atoms with E-state index in [1.165, 1.54) is 25.3 Å². The van der Waals surface area contributed by atoms with E-state index < -0.39 is 0 Å². The van der Waals surface area contributed by atoms with Gasteiger partial charge in [0.25, 0.3) is 0 Å². The summed E-state index contributed by atoms with van der Waals surface area (Å²) in [6.07, 6.45) is 9.15. The number of hydrogen-bond acceptors (Lipinski definition) is 5. The number of allylic oxidation sites excluding steroid dienone is 1. The van der Waals surface area contributed by atoms with Crippen molar-refractivity contribution in [1.82, 2.24) is 0 Å². The minimum Gasteiger partial charge on any atom is -0.465 e. The lowest BCUT2D eigenvalue weighted by molar-refractivity contribution is -0.233. The zero-order chi connectivity index (χ0) is 28.8. The van der Waals surface area contributed by atoms with Gasteiger partial charge >= 0.3 is 11.9 Å². The molecule has 8 atom stereocenters. The van der Waals surface area contributed by atoms with E-state index in [9.17, 15) is 14.4 Å². The van der Waals surface area contributed by atoms with Crippen LogP contribution in [0.5, 0.6) is 0 Å². The van der Waals surface area contributed by atoms with Crippen molar-refractivity contribution in [2.45, 2.75) is 126 Å². The number of esters is 2. The van der Waals surface area contributed by atoms with Crippen molar-refractivity contribution in [1.29, 1.82) is 0 Å². The summed E-state index contributed by atoms with van der Waals surface area (Å²) < 4.78 is 11.6. The van der Waals surface area contributed by atoms with Gasteiger partial charge in [-0.15, -0.1) is 0 Å². The molecule has 0 aromatic carbocycles. The highest BCUT2D eigenvalue weighted by molar-refractivity contribution is 6.00. The fourth-order valence-corrected chi connectivity index (χ4v) is 11.5. The number of Topliss-reactive ketones (excluding diaryl/α,β-unsaturated/α-hetero) is 1. The third-order valence-electron chi connectivity index (χ3n) is 13.4. The third kappa shape index (κ3) is 3.94. The van der Waals surface area contributed by atoms with E-state index >= 15 is 0 Å². The Kier molecular flexibility index (Phi) is 6.79. The van der Waals surface area contributed by atoms with Gasteiger partial charge in [-0.05, 0) is 102 Å². The molecule has 0 aromatic rings. The molecule has 0 bridgehead atoms. The van der Waals surface area contributed by atoms with E-state index in [1.807, 2.05) is 0 Å². The molecule has 0 radical (unpaired) electrons. The Labute approximate surface area is 236 Å². The maximum atomic E-state index is 13.6. The lowest BCUT2D eigenvalue weighted by atomic mass is 9.33. The summed E-state index contributed by atoms with van der Waals surface area (Å²) in [5.41, 5.74) is 2.51. The maximum Gasteiger partial charge on any atom is 0.302 e. The first-order chi connectivity index (χ1) is 18.0. The second-order valence-electron chi connectivity index (χ2n) is 15.7. The fraction of sp³-hybridized carbons (Fsp3) is 0.853. The van der Waals surface area contributed by atoms with Crippen LogP contribution in [0.3, 0.4) is 0 Å². The summed E-state index contributed by atoms with van der Waals surface area (Å²) >= 11 is 0. The van der Waals surface area contributed by atoms with Crippen molar-refractivity contribution < 1.29 is 23.9 Å². The number of carbonyl (C=O) groups is 3. The second-order valence-corrected chi connectivity index (χ2v) is 15.7. The highest BCUT2D eigenvalue weighted by atomic mass is 16.5. The van der Waals surface area contributed by atoms with Gasteiger partial charge in [-0.1, -0.05) is 48.5 Å². The minimum atomic E-state index is -0.319. The summed E-state index contributed by atoms with van der Waals surface area (Å²) in [6.45, 7) is 20.1. The molecule has 5 aliphatic rings. The van der Waals surface area contributed by atoms with Gasteiger partial charge in [0.15, 0.2) is 5.78 Å². The van der Waals surface area contributed by atoms with E-state index in [0.29, 0.717) is 30.8 Å². The lowest BCUT2D eigenvalue weighted by Crippen LogP contribution is -2.66. The van der Waals surface area contributed by atoms with Crippen LogP contribution in [0.2, 0.25) is 0 Å². The molecule has 0 N–H and O–H groups in total. The molecule has 4 fully saturated rings. The van der Waals surface area contributed by atoms with Crippen molar-refractivity contribution in [2.75, 3.05) is 6.61 Å².